The van der Waals surface area contributed by atoms with Gasteiger partial charge >= 0.3 is 0 Å². The van der Waals surface area contributed by atoms with Crippen LogP contribution in [0.1, 0.15) is 38.3 Å². The summed E-state index contributed by atoms with van der Waals surface area (Å²) in [5.41, 5.74) is 0.321. The average Bonchev–Trinajstić information content (AvgIpc) is 3.50. The van der Waals surface area contributed by atoms with Gasteiger partial charge in [0.05, 0.1) is 5.41 Å². The Labute approximate surface area is 172 Å². The van der Waals surface area contributed by atoms with Gasteiger partial charge in [-0.1, -0.05) is 28.5 Å². The van der Waals surface area contributed by atoms with Crippen LogP contribution in [0.25, 0.3) is 0 Å². The molecular formula is C21H21N5O4. The van der Waals surface area contributed by atoms with E-state index in [1.807, 2.05) is 35.2 Å². The SMILES string of the molecule is Cc1noc([C@@]23CN(C(=O)c4ccccc4)C[C@@H]2CN(C(=O)c2cc(C)on2)C3)n1. The molecule has 0 saturated carbocycles. The van der Waals surface area contributed by atoms with E-state index < -0.39 is 5.41 Å². The molecule has 2 saturated heterocycles. The van der Waals surface area contributed by atoms with Crippen molar-refractivity contribution in [1.29, 1.82) is 0 Å². The Bertz CT molecular complexity index is 1110. The predicted molar refractivity (Wildman–Crippen MR) is 104 cm³/mol. The molecule has 0 spiro atoms. The highest BCUT2D eigenvalue weighted by atomic mass is 16.5. The normalized spacial score (nSPS) is 23.1. The second kappa shape index (κ2) is 6.79. The summed E-state index contributed by atoms with van der Waals surface area (Å²) >= 11 is 0. The maximum absolute atomic E-state index is 13.1. The lowest BCUT2D eigenvalue weighted by atomic mass is 9.81. The number of likely N-dealkylation sites (tertiary alicyclic amines) is 2. The summed E-state index contributed by atoms with van der Waals surface area (Å²) in [6.45, 7) is 5.29. The number of nitrogens with zero attached hydrogens (tertiary/aromatic N) is 5. The maximum atomic E-state index is 13.1. The Kier molecular flexibility index (Phi) is 4.19. The van der Waals surface area contributed by atoms with E-state index in [9.17, 15) is 9.59 Å². The number of carbonyl (C=O) groups is 2. The number of amides is 2. The van der Waals surface area contributed by atoms with Gasteiger partial charge in [0.15, 0.2) is 11.5 Å². The number of aromatic nitrogens is 3. The third-order valence-electron chi connectivity index (χ3n) is 6.00. The van der Waals surface area contributed by atoms with Crippen molar-refractivity contribution in [3.05, 3.63) is 65.1 Å². The van der Waals surface area contributed by atoms with Gasteiger partial charge in [0.25, 0.3) is 11.8 Å². The molecule has 30 heavy (non-hydrogen) atoms. The Morgan fingerprint density at radius 3 is 2.30 bits per heavy atom. The van der Waals surface area contributed by atoms with Gasteiger partial charge in [0.1, 0.15) is 5.76 Å². The van der Waals surface area contributed by atoms with Crippen LogP contribution in [0.5, 0.6) is 0 Å². The third-order valence-corrected chi connectivity index (χ3v) is 6.00. The molecule has 2 atom stereocenters. The second-order valence-electron chi connectivity index (χ2n) is 8.06. The van der Waals surface area contributed by atoms with E-state index in [4.69, 9.17) is 9.05 Å². The van der Waals surface area contributed by atoms with Crippen molar-refractivity contribution in [3.63, 3.8) is 0 Å². The van der Waals surface area contributed by atoms with Crippen molar-refractivity contribution < 1.29 is 18.6 Å². The Balaban J connectivity index is 1.45. The molecule has 0 unspecified atom stereocenters. The zero-order valence-electron chi connectivity index (χ0n) is 16.7. The van der Waals surface area contributed by atoms with E-state index in [1.54, 1.807) is 24.8 Å². The molecule has 2 fully saturated rings. The summed E-state index contributed by atoms with van der Waals surface area (Å²) in [6, 6.07) is 10.8. The third kappa shape index (κ3) is 2.89. The summed E-state index contributed by atoms with van der Waals surface area (Å²) in [5, 5.41) is 7.81. The molecule has 0 N–H and O–H groups in total. The highest BCUT2D eigenvalue weighted by molar-refractivity contribution is 5.95. The van der Waals surface area contributed by atoms with Gasteiger partial charge < -0.3 is 18.8 Å². The monoisotopic (exact) mass is 407 g/mol. The number of hydrogen-bond acceptors (Lipinski definition) is 7. The van der Waals surface area contributed by atoms with E-state index >= 15 is 0 Å². The smallest absolute Gasteiger partial charge is 0.276 e. The van der Waals surface area contributed by atoms with Crippen LogP contribution >= 0.6 is 0 Å². The average molecular weight is 407 g/mol. The minimum Gasteiger partial charge on any atom is -0.361 e. The first-order valence-corrected chi connectivity index (χ1v) is 9.84. The van der Waals surface area contributed by atoms with E-state index in [2.05, 4.69) is 15.3 Å². The molecule has 4 heterocycles. The van der Waals surface area contributed by atoms with Crippen LogP contribution in [0.4, 0.5) is 0 Å². The van der Waals surface area contributed by atoms with Crippen LogP contribution in [0.2, 0.25) is 0 Å². The molecule has 0 radical (unpaired) electrons. The first kappa shape index (κ1) is 18.5. The van der Waals surface area contributed by atoms with E-state index in [0.29, 0.717) is 49.2 Å². The van der Waals surface area contributed by atoms with Crippen LogP contribution < -0.4 is 0 Å². The van der Waals surface area contributed by atoms with Crippen LogP contribution in [0, 0.1) is 19.8 Å². The molecular weight excluding hydrogens is 386 g/mol. The first-order chi connectivity index (χ1) is 14.5. The van der Waals surface area contributed by atoms with Crippen molar-refractivity contribution in [2.24, 2.45) is 5.92 Å². The van der Waals surface area contributed by atoms with Crippen molar-refractivity contribution >= 4 is 11.8 Å². The lowest BCUT2D eigenvalue weighted by molar-refractivity contribution is 0.0722. The van der Waals surface area contributed by atoms with Crippen LogP contribution in [0.3, 0.4) is 0 Å². The fraction of sp³-hybridized carbons (Fsp3) is 0.381. The summed E-state index contributed by atoms with van der Waals surface area (Å²) < 4.78 is 10.6. The second-order valence-corrected chi connectivity index (χ2v) is 8.06. The van der Waals surface area contributed by atoms with Gasteiger partial charge in [-0.05, 0) is 26.0 Å². The molecule has 3 aromatic rings. The molecule has 9 heteroatoms. The zero-order valence-corrected chi connectivity index (χ0v) is 16.7. The van der Waals surface area contributed by atoms with Crippen molar-refractivity contribution in [2.75, 3.05) is 26.2 Å². The molecule has 5 rings (SSSR count). The molecule has 2 aromatic heterocycles. The topological polar surface area (TPSA) is 106 Å². The molecule has 1 aromatic carbocycles. The number of carbonyl (C=O) groups excluding carboxylic acids is 2. The standard InChI is InChI=1S/C21H21N5O4/c1-13-8-17(24-29-13)19(28)26-10-16-9-25(18(27)15-6-4-3-5-7-15)11-21(16,12-26)20-22-14(2)23-30-20/h3-8,16H,9-12H2,1-2H3/t16-,21-/m1/s1. The molecule has 2 aliphatic rings. The van der Waals surface area contributed by atoms with Gasteiger partial charge in [-0.15, -0.1) is 0 Å². The zero-order chi connectivity index (χ0) is 20.9. The number of fused-ring (bicyclic) bond motifs is 1. The minimum atomic E-state index is -0.597. The fourth-order valence-electron chi connectivity index (χ4n) is 4.57. The predicted octanol–water partition coefficient (Wildman–Crippen LogP) is 1.84. The number of hydrogen-bond donors (Lipinski definition) is 0. The molecule has 2 aliphatic heterocycles. The Morgan fingerprint density at radius 1 is 1.00 bits per heavy atom. The highest BCUT2D eigenvalue weighted by Crippen LogP contribution is 2.45. The van der Waals surface area contributed by atoms with Gasteiger partial charge in [-0.3, -0.25) is 9.59 Å². The number of rotatable bonds is 3. The van der Waals surface area contributed by atoms with E-state index in [-0.39, 0.29) is 23.4 Å². The van der Waals surface area contributed by atoms with Crippen LogP contribution in [0.15, 0.2) is 45.4 Å². The Hall–Kier alpha value is -3.49. The fourth-order valence-corrected chi connectivity index (χ4v) is 4.57. The molecule has 9 nitrogen and oxygen atoms in total. The van der Waals surface area contributed by atoms with E-state index in [0.717, 1.165) is 0 Å². The molecule has 2 amide bonds. The van der Waals surface area contributed by atoms with Gasteiger partial charge in [0, 0.05) is 43.7 Å². The maximum Gasteiger partial charge on any atom is 0.276 e. The van der Waals surface area contributed by atoms with Crippen molar-refractivity contribution in [2.45, 2.75) is 19.3 Å². The van der Waals surface area contributed by atoms with Crippen molar-refractivity contribution in [3.8, 4) is 0 Å². The van der Waals surface area contributed by atoms with E-state index in [1.165, 1.54) is 0 Å². The van der Waals surface area contributed by atoms with Crippen molar-refractivity contribution in [1.82, 2.24) is 25.1 Å². The van der Waals surface area contributed by atoms with Gasteiger partial charge in [0.2, 0.25) is 5.89 Å². The first-order valence-electron chi connectivity index (χ1n) is 9.84. The quantitative estimate of drug-likeness (QED) is 0.652. The number of benzene rings is 1. The highest BCUT2D eigenvalue weighted by Gasteiger charge is 2.59. The summed E-state index contributed by atoms with van der Waals surface area (Å²) in [4.78, 5) is 34.1. The lowest BCUT2D eigenvalue weighted by Crippen LogP contribution is -2.41. The molecule has 0 bridgehead atoms. The summed E-state index contributed by atoms with van der Waals surface area (Å²) in [7, 11) is 0. The molecule has 154 valence electrons. The molecule has 0 aliphatic carbocycles. The number of aryl methyl sites for hydroxylation is 2. The minimum absolute atomic E-state index is 0.0121. The Morgan fingerprint density at radius 2 is 1.70 bits per heavy atom. The largest absolute Gasteiger partial charge is 0.361 e. The van der Waals surface area contributed by atoms with Crippen LogP contribution in [-0.4, -0.2) is 63.1 Å². The van der Waals surface area contributed by atoms with Gasteiger partial charge in [-0.25, -0.2) is 0 Å². The van der Waals surface area contributed by atoms with Crippen LogP contribution in [-0.2, 0) is 5.41 Å². The summed E-state index contributed by atoms with van der Waals surface area (Å²) in [5.74, 6) is 1.34. The van der Waals surface area contributed by atoms with Gasteiger partial charge in [-0.2, -0.15) is 4.98 Å². The lowest BCUT2D eigenvalue weighted by Gasteiger charge is -2.25. The summed E-state index contributed by atoms with van der Waals surface area (Å²) in [6.07, 6.45) is 0.